The summed E-state index contributed by atoms with van der Waals surface area (Å²) in [5, 5.41) is 0. The summed E-state index contributed by atoms with van der Waals surface area (Å²) < 4.78 is 0. The fourth-order valence-electron chi connectivity index (χ4n) is 1.61. The summed E-state index contributed by atoms with van der Waals surface area (Å²) in [6.07, 6.45) is 8.00. The van der Waals surface area contributed by atoms with Crippen LogP contribution in [0.25, 0.3) is 0 Å². The predicted octanol–water partition coefficient (Wildman–Crippen LogP) is 3.19. The second kappa shape index (κ2) is 4.53. The fraction of sp³-hybridized carbons (Fsp3) is 0.900. The Hall–Kier alpha value is -0.330. The lowest BCUT2D eigenvalue weighted by atomic mass is 9.96. The minimum atomic E-state index is 0.670. The van der Waals surface area contributed by atoms with Crippen molar-refractivity contribution in [2.45, 2.75) is 58.4 Å². The predicted molar refractivity (Wildman–Crippen MR) is 50.3 cm³/mol. The van der Waals surface area contributed by atoms with E-state index in [9.17, 15) is 0 Å². The van der Waals surface area contributed by atoms with Crippen LogP contribution in [0.3, 0.4) is 0 Å². The number of hydrogen-bond donors (Lipinski definition) is 0. The van der Waals surface area contributed by atoms with Crippen LogP contribution in [-0.2, 0) is 0 Å². The average molecular weight is 153 g/mol. The number of nitrogens with zero attached hydrogens (tertiary/aromatic N) is 1. The van der Waals surface area contributed by atoms with Crippen LogP contribution in [0.5, 0.6) is 0 Å². The molecule has 1 heteroatoms. The van der Waals surface area contributed by atoms with E-state index >= 15 is 0 Å². The van der Waals surface area contributed by atoms with Crippen LogP contribution in [0.15, 0.2) is 4.99 Å². The van der Waals surface area contributed by atoms with Crippen molar-refractivity contribution in [1.29, 1.82) is 0 Å². The van der Waals surface area contributed by atoms with E-state index in [1.807, 2.05) is 0 Å². The van der Waals surface area contributed by atoms with E-state index in [-0.39, 0.29) is 0 Å². The lowest BCUT2D eigenvalue weighted by Gasteiger charge is -2.18. The molecular formula is C10H19N. The largest absolute Gasteiger partial charge is 0.291 e. The van der Waals surface area contributed by atoms with Gasteiger partial charge in [0.15, 0.2) is 0 Å². The van der Waals surface area contributed by atoms with Crippen LogP contribution >= 0.6 is 0 Å². The molecule has 11 heavy (non-hydrogen) atoms. The van der Waals surface area contributed by atoms with Gasteiger partial charge in [0, 0.05) is 11.8 Å². The zero-order valence-corrected chi connectivity index (χ0v) is 7.77. The van der Waals surface area contributed by atoms with Gasteiger partial charge in [-0.1, -0.05) is 26.2 Å². The van der Waals surface area contributed by atoms with Crippen LogP contribution in [0.2, 0.25) is 0 Å². The molecular weight excluding hydrogens is 134 g/mol. The van der Waals surface area contributed by atoms with Crippen molar-refractivity contribution >= 4 is 5.71 Å². The van der Waals surface area contributed by atoms with Crippen molar-refractivity contribution in [3.63, 3.8) is 0 Å². The summed E-state index contributed by atoms with van der Waals surface area (Å²) in [6.45, 7) is 4.33. The van der Waals surface area contributed by atoms with Gasteiger partial charge in [-0.2, -0.15) is 0 Å². The fourth-order valence-corrected chi connectivity index (χ4v) is 1.61. The van der Waals surface area contributed by atoms with E-state index in [0.29, 0.717) is 6.04 Å². The van der Waals surface area contributed by atoms with Gasteiger partial charge in [0.2, 0.25) is 0 Å². The molecule has 0 heterocycles. The Morgan fingerprint density at radius 2 is 1.91 bits per heavy atom. The lowest BCUT2D eigenvalue weighted by molar-refractivity contribution is 0.443. The van der Waals surface area contributed by atoms with E-state index < -0.39 is 0 Å². The van der Waals surface area contributed by atoms with Gasteiger partial charge in [-0.25, -0.2) is 0 Å². The highest BCUT2D eigenvalue weighted by molar-refractivity contribution is 5.81. The summed E-state index contributed by atoms with van der Waals surface area (Å²) in [6, 6.07) is 0.670. The van der Waals surface area contributed by atoms with Gasteiger partial charge in [0.05, 0.1) is 0 Å². The molecule has 1 nitrogen and oxygen atoms in total. The van der Waals surface area contributed by atoms with Gasteiger partial charge in [-0.15, -0.1) is 0 Å². The third kappa shape index (κ3) is 3.04. The zero-order valence-electron chi connectivity index (χ0n) is 7.77. The van der Waals surface area contributed by atoms with Crippen molar-refractivity contribution in [3.05, 3.63) is 0 Å². The van der Waals surface area contributed by atoms with Crippen LogP contribution in [0.4, 0.5) is 0 Å². The number of aliphatic imine (C=N–C) groups is 1. The van der Waals surface area contributed by atoms with Crippen molar-refractivity contribution in [2.24, 2.45) is 4.99 Å². The molecule has 0 aliphatic heterocycles. The Morgan fingerprint density at radius 1 is 1.27 bits per heavy atom. The van der Waals surface area contributed by atoms with E-state index in [4.69, 9.17) is 0 Å². The normalized spacial score (nSPS) is 22.2. The first-order valence-corrected chi connectivity index (χ1v) is 4.86. The SMILES string of the molecule is CCC(C)=NC1CCCCC1. The molecule has 0 amide bonds. The first-order valence-electron chi connectivity index (χ1n) is 4.86. The molecule has 0 saturated heterocycles. The van der Waals surface area contributed by atoms with Crippen LogP contribution in [-0.4, -0.2) is 11.8 Å². The Morgan fingerprint density at radius 3 is 2.45 bits per heavy atom. The molecule has 64 valence electrons. The molecule has 1 saturated carbocycles. The Kier molecular flexibility index (Phi) is 3.61. The minimum Gasteiger partial charge on any atom is -0.291 e. The highest BCUT2D eigenvalue weighted by Gasteiger charge is 2.11. The lowest BCUT2D eigenvalue weighted by Crippen LogP contribution is -2.11. The zero-order chi connectivity index (χ0) is 8.10. The van der Waals surface area contributed by atoms with E-state index in [1.54, 1.807) is 0 Å². The van der Waals surface area contributed by atoms with E-state index in [1.165, 1.54) is 37.8 Å². The average Bonchev–Trinajstić information content (AvgIpc) is 2.06. The molecule has 0 aromatic heterocycles. The molecule has 0 unspecified atom stereocenters. The number of hydrogen-bond acceptors (Lipinski definition) is 1. The molecule has 0 N–H and O–H groups in total. The molecule has 1 fully saturated rings. The van der Waals surface area contributed by atoms with Crippen LogP contribution in [0.1, 0.15) is 52.4 Å². The molecule has 0 atom stereocenters. The number of rotatable bonds is 2. The second-order valence-corrected chi connectivity index (χ2v) is 3.51. The maximum Gasteiger partial charge on any atom is 0.0498 e. The molecule has 1 aliphatic rings. The topological polar surface area (TPSA) is 12.4 Å². The molecule has 1 rings (SSSR count). The maximum absolute atomic E-state index is 4.67. The van der Waals surface area contributed by atoms with Crippen molar-refractivity contribution in [1.82, 2.24) is 0 Å². The summed E-state index contributed by atoms with van der Waals surface area (Å²) in [7, 11) is 0. The molecule has 1 aliphatic carbocycles. The minimum absolute atomic E-state index is 0.670. The summed E-state index contributed by atoms with van der Waals surface area (Å²) in [5.41, 5.74) is 1.33. The Bertz CT molecular complexity index is 132. The van der Waals surface area contributed by atoms with Crippen LogP contribution in [0, 0.1) is 0 Å². The molecule has 0 radical (unpaired) electrons. The van der Waals surface area contributed by atoms with Gasteiger partial charge in [-0.05, 0) is 26.2 Å². The second-order valence-electron chi connectivity index (χ2n) is 3.51. The van der Waals surface area contributed by atoms with E-state index in [0.717, 1.165) is 6.42 Å². The molecule has 0 aromatic carbocycles. The third-order valence-corrected chi connectivity index (χ3v) is 2.49. The highest BCUT2D eigenvalue weighted by Crippen LogP contribution is 2.20. The first kappa shape index (κ1) is 8.76. The van der Waals surface area contributed by atoms with E-state index in [2.05, 4.69) is 18.8 Å². The van der Waals surface area contributed by atoms with Gasteiger partial charge < -0.3 is 0 Å². The Balaban J connectivity index is 2.34. The first-order chi connectivity index (χ1) is 5.33. The van der Waals surface area contributed by atoms with Crippen molar-refractivity contribution in [3.8, 4) is 0 Å². The van der Waals surface area contributed by atoms with Crippen LogP contribution < -0.4 is 0 Å². The van der Waals surface area contributed by atoms with Gasteiger partial charge in [0.1, 0.15) is 0 Å². The van der Waals surface area contributed by atoms with Crippen molar-refractivity contribution < 1.29 is 0 Å². The standard InChI is InChI=1S/C10H19N/c1-3-9(2)11-10-7-5-4-6-8-10/h10H,3-8H2,1-2H3. The quantitative estimate of drug-likeness (QED) is 0.540. The van der Waals surface area contributed by atoms with Gasteiger partial charge in [0.25, 0.3) is 0 Å². The Labute approximate surface area is 69.9 Å². The van der Waals surface area contributed by atoms with Gasteiger partial charge in [-0.3, -0.25) is 4.99 Å². The van der Waals surface area contributed by atoms with Gasteiger partial charge >= 0.3 is 0 Å². The smallest absolute Gasteiger partial charge is 0.0498 e. The van der Waals surface area contributed by atoms with Crippen molar-refractivity contribution in [2.75, 3.05) is 0 Å². The third-order valence-electron chi connectivity index (χ3n) is 2.49. The maximum atomic E-state index is 4.67. The summed E-state index contributed by atoms with van der Waals surface area (Å²) in [4.78, 5) is 4.67. The molecule has 0 bridgehead atoms. The summed E-state index contributed by atoms with van der Waals surface area (Å²) >= 11 is 0. The highest BCUT2D eigenvalue weighted by atomic mass is 14.8. The monoisotopic (exact) mass is 153 g/mol. The molecule has 0 aromatic rings. The summed E-state index contributed by atoms with van der Waals surface area (Å²) in [5.74, 6) is 0. The molecule has 0 spiro atoms.